The van der Waals surface area contributed by atoms with Gasteiger partial charge in [0.15, 0.2) is 0 Å². The summed E-state index contributed by atoms with van der Waals surface area (Å²) in [5, 5.41) is 0. The molecule has 1 aromatic heterocycles. The molecule has 0 aliphatic carbocycles. The Kier molecular flexibility index (Phi) is 11.7. The summed E-state index contributed by atoms with van der Waals surface area (Å²) in [5.41, 5.74) is 1.05. The maximum atomic E-state index is 12.0. The third-order valence-electron chi connectivity index (χ3n) is 5.08. The van der Waals surface area contributed by atoms with Crippen molar-refractivity contribution in [1.82, 2.24) is 9.55 Å². The number of ether oxygens (including phenoxy) is 1. The van der Waals surface area contributed by atoms with Crippen LogP contribution in [0.2, 0.25) is 0 Å². The molecule has 1 rings (SSSR count). The minimum Gasteiger partial charge on any atom is -0.465 e. The Labute approximate surface area is 158 Å². The zero-order valence-corrected chi connectivity index (χ0v) is 16.8. The van der Waals surface area contributed by atoms with Crippen molar-refractivity contribution in [3.63, 3.8) is 0 Å². The number of hydrogen-bond donors (Lipinski definition) is 0. The van der Waals surface area contributed by atoms with E-state index in [1.165, 1.54) is 32.1 Å². The average molecular weight is 365 g/mol. The fraction of sp³-hybridized carbons (Fsp3) is 0.762. The van der Waals surface area contributed by atoms with Gasteiger partial charge in [0.05, 0.1) is 12.9 Å². The molecule has 5 heteroatoms. The van der Waals surface area contributed by atoms with Gasteiger partial charge < -0.3 is 14.1 Å². The molecule has 0 aromatic carbocycles. The molecule has 148 valence electrons. The first-order valence-electron chi connectivity index (χ1n) is 10.2. The molecule has 1 heterocycles. The van der Waals surface area contributed by atoms with Gasteiger partial charge in [0, 0.05) is 37.2 Å². The summed E-state index contributed by atoms with van der Waals surface area (Å²) >= 11 is 0. The van der Waals surface area contributed by atoms with E-state index in [4.69, 9.17) is 4.74 Å². The normalized spacial score (nSPS) is 13.3. The first kappa shape index (κ1) is 22.4. The first-order chi connectivity index (χ1) is 12.6. The molecular weight excluding hydrogens is 328 g/mol. The Balaban J connectivity index is 2.34. The van der Waals surface area contributed by atoms with E-state index in [0.29, 0.717) is 19.4 Å². The molecule has 0 N–H and O–H groups in total. The Morgan fingerprint density at radius 1 is 1.19 bits per heavy atom. The zero-order valence-electron chi connectivity index (χ0n) is 16.8. The SMILES string of the molecule is CCCCCCCCCC(=O)OC[C@H](Cc1cncn1C)[C@@H](C=O)CC. The van der Waals surface area contributed by atoms with Crippen LogP contribution in [0.5, 0.6) is 0 Å². The van der Waals surface area contributed by atoms with Gasteiger partial charge in [-0.15, -0.1) is 0 Å². The molecule has 0 aliphatic rings. The van der Waals surface area contributed by atoms with E-state index in [2.05, 4.69) is 11.9 Å². The molecule has 0 radical (unpaired) electrons. The summed E-state index contributed by atoms with van der Waals surface area (Å²) < 4.78 is 7.44. The maximum absolute atomic E-state index is 12.0. The topological polar surface area (TPSA) is 61.2 Å². The number of aromatic nitrogens is 2. The Morgan fingerprint density at radius 3 is 2.46 bits per heavy atom. The second kappa shape index (κ2) is 13.5. The molecule has 1 aromatic rings. The van der Waals surface area contributed by atoms with Gasteiger partial charge in [0.25, 0.3) is 0 Å². The summed E-state index contributed by atoms with van der Waals surface area (Å²) in [5.74, 6) is -0.239. The van der Waals surface area contributed by atoms with E-state index in [1.54, 1.807) is 6.33 Å². The van der Waals surface area contributed by atoms with Crippen LogP contribution < -0.4 is 0 Å². The molecule has 0 spiro atoms. The quantitative estimate of drug-likeness (QED) is 0.261. The molecule has 0 fully saturated rings. The number of carbonyl (C=O) groups excluding carboxylic acids is 2. The van der Waals surface area contributed by atoms with Crippen LogP contribution in [0.25, 0.3) is 0 Å². The largest absolute Gasteiger partial charge is 0.465 e. The van der Waals surface area contributed by atoms with Crippen LogP contribution >= 0.6 is 0 Å². The molecule has 0 bridgehead atoms. The Bertz CT molecular complexity index is 513. The highest BCUT2D eigenvalue weighted by molar-refractivity contribution is 5.69. The summed E-state index contributed by atoms with van der Waals surface area (Å²) in [7, 11) is 1.94. The number of rotatable bonds is 15. The third kappa shape index (κ3) is 8.63. The van der Waals surface area contributed by atoms with Gasteiger partial charge >= 0.3 is 5.97 Å². The lowest BCUT2D eigenvalue weighted by molar-refractivity contribution is -0.146. The molecule has 0 unspecified atom stereocenters. The molecule has 5 nitrogen and oxygen atoms in total. The highest BCUT2D eigenvalue weighted by Crippen LogP contribution is 2.20. The van der Waals surface area contributed by atoms with Crippen molar-refractivity contribution in [1.29, 1.82) is 0 Å². The lowest BCUT2D eigenvalue weighted by Gasteiger charge is -2.22. The van der Waals surface area contributed by atoms with Gasteiger partial charge in [0.2, 0.25) is 0 Å². The number of nitrogens with zero attached hydrogens (tertiary/aromatic N) is 2. The lowest BCUT2D eigenvalue weighted by Crippen LogP contribution is -2.25. The van der Waals surface area contributed by atoms with Crippen LogP contribution in [0.3, 0.4) is 0 Å². The minimum absolute atomic E-state index is 0.00546. The molecule has 0 aliphatic heterocycles. The fourth-order valence-electron chi connectivity index (χ4n) is 3.22. The van der Waals surface area contributed by atoms with E-state index < -0.39 is 0 Å². The molecule has 0 amide bonds. The molecule has 2 atom stereocenters. The first-order valence-corrected chi connectivity index (χ1v) is 10.2. The van der Waals surface area contributed by atoms with Crippen LogP contribution in [0, 0.1) is 11.8 Å². The van der Waals surface area contributed by atoms with Gasteiger partial charge in [-0.3, -0.25) is 4.79 Å². The minimum atomic E-state index is -0.144. The number of unbranched alkanes of at least 4 members (excludes halogenated alkanes) is 6. The van der Waals surface area contributed by atoms with E-state index in [9.17, 15) is 9.59 Å². The second-order valence-electron chi connectivity index (χ2n) is 7.22. The number of imidazole rings is 1. The highest BCUT2D eigenvalue weighted by Gasteiger charge is 2.23. The monoisotopic (exact) mass is 364 g/mol. The van der Waals surface area contributed by atoms with E-state index in [1.807, 2.05) is 24.7 Å². The van der Waals surface area contributed by atoms with Gasteiger partial charge in [-0.2, -0.15) is 0 Å². The Hall–Kier alpha value is -1.65. The molecular formula is C21H36N2O3. The van der Waals surface area contributed by atoms with Crippen molar-refractivity contribution < 1.29 is 14.3 Å². The Morgan fingerprint density at radius 2 is 1.88 bits per heavy atom. The lowest BCUT2D eigenvalue weighted by atomic mass is 9.88. The number of esters is 1. The van der Waals surface area contributed by atoms with Crippen molar-refractivity contribution in [3.05, 3.63) is 18.2 Å². The second-order valence-corrected chi connectivity index (χ2v) is 7.22. The average Bonchev–Trinajstić information content (AvgIpc) is 3.04. The van der Waals surface area contributed by atoms with E-state index in [-0.39, 0.29) is 17.8 Å². The summed E-state index contributed by atoms with van der Waals surface area (Å²) in [6.07, 6.45) is 14.8. The number of aldehydes is 1. The number of carbonyl (C=O) groups is 2. The van der Waals surface area contributed by atoms with E-state index >= 15 is 0 Å². The van der Waals surface area contributed by atoms with Crippen LogP contribution in [0.4, 0.5) is 0 Å². The third-order valence-corrected chi connectivity index (χ3v) is 5.08. The van der Waals surface area contributed by atoms with Crippen LogP contribution in [-0.4, -0.2) is 28.4 Å². The molecule has 0 saturated carbocycles. The maximum Gasteiger partial charge on any atom is 0.305 e. The van der Waals surface area contributed by atoms with Crippen molar-refractivity contribution in [2.45, 2.75) is 78.1 Å². The van der Waals surface area contributed by atoms with E-state index in [0.717, 1.165) is 31.2 Å². The standard InChI is InChI=1S/C21H36N2O3/c1-4-6-7-8-9-10-11-12-21(25)26-16-19(18(5-2)15-24)13-20-14-22-17-23(20)3/h14-15,17-19H,4-13,16H2,1-3H3/t18-,19+/m1/s1. The van der Waals surface area contributed by atoms with Gasteiger partial charge in [-0.1, -0.05) is 52.4 Å². The molecule has 26 heavy (non-hydrogen) atoms. The van der Waals surface area contributed by atoms with Crippen LogP contribution in [0.1, 0.15) is 77.3 Å². The molecule has 0 saturated heterocycles. The number of aryl methyl sites for hydroxylation is 1. The highest BCUT2D eigenvalue weighted by atomic mass is 16.5. The predicted molar refractivity (Wildman–Crippen MR) is 104 cm³/mol. The van der Waals surface area contributed by atoms with Crippen molar-refractivity contribution >= 4 is 12.3 Å². The van der Waals surface area contributed by atoms with Crippen LogP contribution in [0.15, 0.2) is 12.5 Å². The zero-order chi connectivity index (χ0) is 19.2. The summed E-state index contributed by atoms with van der Waals surface area (Å²) in [4.78, 5) is 27.5. The fourth-order valence-corrected chi connectivity index (χ4v) is 3.22. The smallest absolute Gasteiger partial charge is 0.305 e. The van der Waals surface area contributed by atoms with Crippen molar-refractivity contribution in [2.24, 2.45) is 18.9 Å². The van der Waals surface area contributed by atoms with Crippen LogP contribution in [-0.2, 0) is 27.8 Å². The van der Waals surface area contributed by atoms with Gasteiger partial charge in [0.1, 0.15) is 6.29 Å². The summed E-state index contributed by atoms with van der Waals surface area (Å²) in [6.45, 7) is 4.51. The van der Waals surface area contributed by atoms with Crippen molar-refractivity contribution in [3.8, 4) is 0 Å². The van der Waals surface area contributed by atoms with Crippen molar-refractivity contribution in [2.75, 3.05) is 6.61 Å². The summed E-state index contributed by atoms with van der Waals surface area (Å²) in [6, 6.07) is 0. The predicted octanol–water partition coefficient (Wildman–Crippen LogP) is 4.49. The number of hydrogen-bond acceptors (Lipinski definition) is 4. The van der Waals surface area contributed by atoms with Gasteiger partial charge in [-0.05, 0) is 19.3 Å². The van der Waals surface area contributed by atoms with Gasteiger partial charge in [-0.25, -0.2) is 4.98 Å².